The summed E-state index contributed by atoms with van der Waals surface area (Å²) >= 11 is 1.55. The highest BCUT2D eigenvalue weighted by Gasteiger charge is 2.17. The van der Waals surface area contributed by atoms with Gasteiger partial charge in [0.25, 0.3) is 5.91 Å². The van der Waals surface area contributed by atoms with Crippen molar-refractivity contribution in [2.24, 2.45) is 7.05 Å². The SMILES string of the molecule is Cc1nc2ccc(NC(=O)c3nn(C)c4ccccc4c3=O)cc2s1. The first-order valence-corrected chi connectivity index (χ1v) is 8.49. The number of fused-ring (bicyclic) bond motifs is 2. The number of thiazole rings is 1. The van der Waals surface area contributed by atoms with Crippen molar-refractivity contribution >= 4 is 44.1 Å². The fraction of sp³-hybridized carbons (Fsp3) is 0.111. The fourth-order valence-electron chi connectivity index (χ4n) is 2.78. The Morgan fingerprint density at radius 2 is 2.00 bits per heavy atom. The van der Waals surface area contributed by atoms with Crippen LogP contribution in [0.1, 0.15) is 15.5 Å². The first-order chi connectivity index (χ1) is 12.0. The molecule has 0 radical (unpaired) electrons. The summed E-state index contributed by atoms with van der Waals surface area (Å²) in [6.07, 6.45) is 0. The molecule has 0 aliphatic rings. The highest BCUT2D eigenvalue weighted by molar-refractivity contribution is 7.18. The van der Waals surface area contributed by atoms with Gasteiger partial charge < -0.3 is 5.32 Å². The quantitative estimate of drug-likeness (QED) is 0.603. The second-order valence-electron chi connectivity index (χ2n) is 5.69. The van der Waals surface area contributed by atoms with Crippen molar-refractivity contribution in [1.29, 1.82) is 0 Å². The number of amides is 1. The Balaban J connectivity index is 1.74. The number of aromatic nitrogens is 3. The summed E-state index contributed by atoms with van der Waals surface area (Å²) in [6.45, 7) is 1.94. The van der Waals surface area contributed by atoms with Crippen LogP contribution in [0.5, 0.6) is 0 Å². The number of carbonyl (C=O) groups is 1. The van der Waals surface area contributed by atoms with E-state index < -0.39 is 5.91 Å². The van der Waals surface area contributed by atoms with E-state index in [-0.39, 0.29) is 11.1 Å². The molecular weight excluding hydrogens is 336 g/mol. The lowest BCUT2D eigenvalue weighted by molar-refractivity contribution is 0.101. The minimum atomic E-state index is -0.521. The zero-order chi connectivity index (χ0) is 17.6. The van der Waals surface area contributed by atoms with E-state index in [2.05, 4.69) is 15.4 Å². The first kappa shape index (κ1) is 15.5. The zero-order valence-corrected chi connectivity index (χ0v) is 14.4. The van der Waals surface area contributed by atoms with Crippen molar-refractivity contribution in [3.05, 3.63) is 63.4 Å². The number of para-hydroxylation sites is 1. The van der Waals surface area contributed by atoms with Crippen LogP contribution in [-0.4, -0.2) is 20.7 Å². The largest absolute Gasteiger partial charge is 0.320 e. The van der Waals surface area contributed by atoms with Crippen LogP contribution in [0, 0.1) is 6.92 Å². The van der Waals surface area contributed by atoms with E-state index >= 15 is 0 Å². The molecule has 0 aliphatic heterocycles. The topological polar surface area (TPSA) is 76.9 Å². The van der Waals surface area contributed by atoms with Gasteiger partial charge in [0.15, 0.2) is 5.69 Å². The van der Waals surface area contributed by atoms with Crippen LogP contribution in [0.4, 0.5) is 5.69 Å². The summed E-state index contributed by atoms with van der Waals surface area (Å²) in [6, 6.07) is 12.6. The van der Waals surface area contributed by atoms with E-state index in [9.17, 15) is 9.59 Å². The summed E-state index contributed by atoms with van der Waals surface area (Å²) in [4.78, 5) is 29.5. The molecular formula is C18H14N4O2S. The van der Waals surface area contributed by atoms with Crippen molar-refractivity contribution in [3.8, 4) is 0 Å². The van der Waals surface area contributed by atoms with Crippen molar-refractivity contribution in [3.63, 3.8) is 0 Å². The maximum absolute atomic E-state index is 12.6. The Kier molecular flexibility index (Phi) is 3.58. The van der Waals surface area contributed by atoms with Gasteiger partial charge >= 0.3 is 0 Å². The standard InChI is InChI=1S/C18H14N4O2S/c1-10-19-13-8-7-11(9-15(13)25-10)20-18(24)16-17(23)12-5-3-4-6-14(12)22(2)21-16/h3-9H,1-2H3,(H,20,24). The molecule has 4 rings (SSSR count). The van der Waals surface area contributed by atoms with E-state index in [0.717, 1.165) is 15.2 Å². The number of hydrogen-bond acceptors (Lipinski definition) is 5. The van der Waals surface area contributed by atoms with Gasteiger partial charge in [0.2, 0.25) is 5.43 Å². The number of nitrogens with one attached hydrogen (secondary N) is 1. The van der Waals surface area contributed by atoms with E-state index in [4.69, 9.17) is 0 Å². The summed E-state index contributed by atoms with van der Waals surface area (Å²) in [5.41, 5.74) is 1.69. The molecule has 0 atom stereocenters. The number of nitrogens with zero attached hydrogens (tertiary/aromatic N) is 3. The molecule has 0 fully saturated rings. The number of rotatable bonds is 2. The molecule has 4 aromatic rings. The van der Waals surface area contributed by atoms with E-state index in [1.807, 2.05) is 25.1 Å². The third kappa shape index (κ3) is 2.68. The monoisotopic (exact) mass is 350 g/mol. The van der Waals surface area contributed by atoms with Crippen molar-refractivity contribution in [1.82, 2.24) is 14.8 Å². The average Bonchev–Trinajstić information content (AvgIpc) is 2.97. The minimum absolute atomic E-state index is 0.123. The number of aryl methyl sites for hydroxylation is 2. The Morgan fingerprint density at radius 1 is 1.20 bits per heavy atom. The molecule has 0 bridgehead atoms. The third-order valence-corrected chi connectivity index (χ3v) is 4.86. The Bertz CT molecular complexity index is 1190. The summed E-state index contributed by atoms with van der Waals surface area (Å²) in [5, 5.41) is 8.33. The Labute approximate surface area is 146 Å². The lowest BCUT2D eigenvalue weighted by atomic mass is 10.2. The van der Waals surface area contributed by atoms with Crippen LogP contribution in [0.15, 0.2) is 47.3 Å². The van der Waals surface area contributed by atoms with E-state index in [1.165, 1.54) is 0 Å². The zero-order valence-electron chi connectivity index (χ0n) is 13.6. The van der Waals surface area contributed by atoms with E-state index in [1.54, 1.807) is 47.3 Å². The molecule has 2 aromatic heterocycles. The number of benzene rings is 2. The lowest BCUT2D eigenvalue weighted by Crippen LogP contribution is -2.26. The first-order valence-electron chi connectivity index (χ1n) is 7.67. The van der Waals surface area contributed by atoms with Crippen LogP contribution < -0.4 is 10.7 Å². The van der Waals surface area contributed by atoms with Gasteiger partial charge in [-0.3, -0.25) is 14.3 Å². The molecule has 0 unspecified atom stereocenters. The average molecular weight is 350 g/mol. The maximum atomic E-state index is 12.6. The molecule has 2 heterocycles. The molecule has 0 saturated carbocycles. The molecule has 6 nitrogen and oxygen atoms in total. The number of hydrogen-bond donors (Lipinski definition) is 1. The van der Waals surface area contributed by atoms with Gasteiger partial charge in [-0.1, -0.05) is 12.1 Å². The molecule has 1 amide bonds. The van der Waals surface area contributed by atoms with Gasteiger partial charge in [-0.2, -0.15) is 5.10 Å². The molecule has 7 heteroatoms. The summed E-state index contributed by atoms with van der Waals surface area (Å²) in [7, 11) is 1.71. The second-order valence-corrected chi connectivity index (χ2v) is 6.92. The third-order valence-electron chi connectivity index (χ3n) is 3.93. The summed E-state index contributed by atoms with van der Waals surface area (Å²) < 4.78 is 2.52. The van der Waals surface area contributed by atoms with Crippen LogP contribution in [0.25, 0.3) is 21.1 Å². The van der Waals surface area contributed by atoms with Crippen LogP contribution in [-0.2, 0) is 7.05 Å². The predicted octanol–water partition coefficient (Wildman–Crippen LogP) is 3.10. The fourth-order valence-corrected chi connectivity index (χ4v) is 3.65. The van der Waals surface area contributed by atoms with Crippen LogP contribution >= 0.6 is 11.3 Å². The van der Waals surface area contributed by atoms with Crippen molar-refractivity contribution in [2.75, 3.05) is 5.32 Å². The molecule has 1 N–H and O–H groups in total. The molecule has 25 heavy (non-hydrogen) atoms. The highest BCUT2D eigenvalue weighted by Crippen LogP contribution is 2.24. The second kappa shape index (κ2) is 5.78. The van der Waals surface area contributed by atoms with Crippen molar-refractivity contribution in [2.45, 2.75) is 6.92 Å². The maximum Gasteiger partial charge on any atom is 0.280 e. The van der Waals surface area contributed by atoms with Gasteiger partial charge in [-0.05, 0) is 37.3 Å². The molecule has 0 aliphatic carbocycles. The smallest absolute Gasteiger partial charge is 0.280 e. The van der Waals surface area contributed by atoms with E-state index in [0.29, 0.717) is 16.6 Å². The highest BCUT2D eigenvalue weighted by atomic mass is 32.1. The molecule has 2 aromatic carbocycles. The Hall–Kier alpha value is -3.06. The number of anilines is 1. The minimum Gasteiger partial charge on any atom is -0.320 e. The summed E-state index contributed by atoms with van der Waals surface area (Å²) in [5.74, 6) is -0.521. The normalized spacial score (nSPS) is 11.1. The predicted molar refractivity (Wildman–Crippen MR) is 99.3 cm³/mol. The van der Waals surface area contributed by atoms with Crippen LogP contribution in [0.2, 0.25) is 0 Å². The lowest BCUT2D eigenvalue weighted by Gasteiger charge is -2.08. The van der Waals surface area contributed by atoms with Gasteiger partial charge in [-0.15, -0.1) is 11.3 Å². The van der Waals surface area contributed by atoms with Gasteiger partial charge in [-0.25, -0.2) is 4.98 Å². The Morgan fingerprint density at radius 3 is 2.84 bits per heavy atom. The van der Waals surface area contributed by atoms with Gasteiger partial charge in [0.1, 0.15) is 0 Å². The van der Waals surface area contributed by atoms with Gasteiger partial charge in [0.05, 0.1) is 20.7 Å². The molecule has 124 valence electrons. The van der Waals surface area contributed by atoms with Crippen LogP contribution in [0.3, 0.4) is 0 Å². The molecule has 0 saturated heterocycles. The van der Waals surface area contributed by atoms with Crippen molar-refractivity contribution < 1.29 is 4.79 Å². The molecule has 0 spiro atoms. The number of carbonyl (C=O) groups excluding carboxylic acids is 1. The van der Waals surface area contributed by atoms with Gasteiger partial charge in [0, 0.05) is 18.1 Å².